The van der Waals surface area contributed by atoms with Crippen molar-refractivity contribution >= 4 is 10.0 Å². The highest BCUT2D eigenvalue weighted by molar-refractivity contribution is 7.89. The predicted molar refractivity (Wildman–Crippen MR) is 89.3 cm³/mol. The smallest absolute Gasteiger partial charge is 0.214 e. The molecule has 3 rings (SSSR count). The van der Waals surface area contributed by atoms with Gasteiger partial charge in [0.15, 0.2) is 0 Å². The van der Waals surface area contributed by atoms with Gasteiger partial charge in [-0.25, -0.2) is 12.7 Å². The highest BCUT2D eigenvalue weighted by Crippen LogP contribution is 2.38. The number of rotatable bonds is 4. The zero-order valence-corrected chi connectivity index (χ0v) is 14.3. The van der Waals surface area contributed by atoms with E-state index in [-0.39, 0.29) is 11.8 Å². The highest BCUT2D eigenvalue weighted by atomic mass is 32.2. The van der Waals surface area contributed by atoms with E-state index >= 15 is 0 Å². The second kappa shape index (κ2) is 6.30. The van der Waals surface area contributed by atoms with E-state index in [1.54, 1.807) is 11.4 Å². The van der Waals surface area contributed by atoms with Crippen LogP contribution in [0.25, 0.3) is 0 Å². The van der Waals surface area contributed by atoms with Gasteiger partial charge in [-0.2, -0.15) is 0 Å². The lowest BCUT2D eigenvalue weighted by Crippen LogP contribution is -2.49. The number of hydrogen-bond acceptors (Lipinski definition) is 3. The van der Waals surface area contributed by atoms with Gasteiger partial charge in [0.1, 0.15) is 0 Å². The fraction of sp³-hybridized carbons (Fsp3) is 0.647. The molecule has 0 radical (unpaired) electrons. The van der Waals surface area contributed by atoms with Crippen molar-refractivity contribution in [1.29, 1.82) is 0 Å². The minimum Gasteiger partial charge on any atom is -0.296 e. The van der Waals surface area contributed by atoms with Gasteiger partial charge in [0.25, 0.3) is 0 Å². The van der Waals surface area contributed by atoms with Crippen LogP contribution in [0.3, 0.4) is 0 Å². The van der Waals surface area contributed by atoms with Gasteiger partial charge in [-0.3, -0.25) is 4.90 Å². The molecule has 0 saturated carbocycles. The van der Waals surface area contributed by atoms with Gasteiger partial charge in [-0.05, 0) is 36.8 Å². The van der Waals surface area contributed by atoms with E-state index in [4.69, 9.17) is 0 Å². The summed E-state index contributed by atoms with van der Waals surface area (Å²) < 4.78 is 26.3. The van der Waals surface area contributed by atoms with Crippen LogP contribution in [-0.2, 0) is 16.4 Å². The molecule has 1 aromatic carbocycles. The predicted octanol–water partition coefficient (Wildman–Crippen LogP) is 2.42. The van der Waals surface area contributed by atoms with Gasteiger partial charge in [-0.15, -0.1) is 0 Å². The summed E-state index contributed by atoms with van der Waals surface area (Å²) in [5.74, 6) is 0.255. The van der Waals surface area contributed by atoms with Gasteiger partial charge >= 0.3 is 0 Å². The lowest BCUT2D eigenvalue weighted by Gasteiger charge is -2.45. The lowest BCUT2D eigenvalue weighted by molar-refractivity contribution is 0.0969. The maximum Gasteiger partial charge on any atom is 0.214 e. The fourth-order valence-electron chi connectivity index (χ4n) is 3.90. The van der Waals surface area contributed by atoms with Crippen LogP contribution in [0.15, 0.2) is 24.3 Å². The molecule has 1 unspecified atom stereocenters. The van der Waals surface area contributed by atoms with E-state index in [0.717, 1.165) is 32.4 Å². The molecule has 0 N–H and O–H groups in total. The van der Waals surface area contributed by atoms with Crippen molar-refractivity contribution in [2.24, 2.45) is 0 Å². The van der Waals surface area contributed by atoms with Crippen molar-refractivity contribution in [3.05, 3.63) is 35.4 Å². The quantitative estimate of drug-likeness (QED) is 0.855. The number of benzene rings is 1. The first-order valence-electron chi connectivity index (χ1n) is 8.30. The van der Waals surface area contributed by atoms with E-state index in [1.807, 2.05) is 6.92 Å². The van der Waals surface area contributed by atoms with Crippen molar-refractivity contribution < 1.29 is 8.42 Å². The standard InChI is InChI=1S/C17H26N2O2S/c1-3-12-22(20,21)18(2)15-9-11-19-10-8-14-6-4-5-7-16(14)17(19)13-15/h4-7,15,17H,3,8-13H2,1-2H3/t15?,17-/m1/s1. The van der Waals surface area contributed by atoms with Gasteiger partial charge in [0.05, 0.1) is 5.75 Å². The number of hydrogen-bond donors (Lipinski definition) is 0. The van der Waals surface area contributed by atoms with E-state index in [9.17, 15) is 8.42 Å². The molecule has 2 aliphatic heterocycles. The van der Waals surface area contributed by atoms with Crippen LogP contribution in [0.4, 0.5) is 0 Å². The molecule has 2 atom stereocenters. The number of nitrogens with zero attached hydrogens (tertiary/aromatic N) is 2. The van der Waals surface area contributed by atoms with E-state index < -0.39 is 10.0 Å². The maximum absolute atomic E-state index is 12.3. The third-order valence-electron chi connectivity index (χ3n) is 5.18. The second-order valence-corrected chi connectivity index (χ2v) is 8.66. The van der Waals surface area contributed by atoms with Crippen LogP contribution >= 0.6 is 0 Å². The molecule has 0 aromatic heterocycles. The Kier molecular flexibility index (Phi) is 4.57. The summed E-state index contributed by atoms with van der Waals surface area (Å²) in [7, 11) is -1.35. The summed E-state index contributed by atoms with van der Waals surface area (Å²) in [5, 5.41) is 0. The fourth-order valence-corrected chi connectivity index (χ4v) is 5.35. The number of sulfonamides is 1. The molecule has 2 heterocycles. The molecule has 4 nitrogen and oxygen atoms in total. The summed E-state index contributed by atoms with van der Waals surface area (Å²) in [4.78, 5) is 2.53. The Morgan fingerprint density at radius 3 is 2.82 bits per heavy atom. The topological polar surface area (TPSA) is 40.6 Å². The molecule has 1 saturated heterocycles. The molecule has 22 heavy (non-hydrogen) atoms. The number of piperidine rings is 1. The molecular weight excluding hydrogens is 296 g/mol. The molecule has 1 aromatic rings. The van der Waals surface area contributed by atoms with Crippen LogP contribution in [-0.4, -0.2) is 49.6 Å². The molecule has 0 spiro atoms. The van der Waals surface area contributed by atoms with Crippen LogP contribution < -0.4 is 0 Å². The maximum atomic E-state index is 12.3. The average Bonchev–Trinajstić information content (AvgIpc) is 2.53. The van der Waals surface area contributed by atoms with Crippen LogP contribution in [0.1, 0.15) is 43.4 Å². The summed E-state index contributed by atoms with van der Waals surface area (Å²) in [6.45, 7) is 4.01. The summed E-state index contributed by atoms with van der Waals surface area (Å²) in [5.41, 5.74) is 2.84. The average molecular weight is 322 g/mol. The minimum absolute atomic E-state index is 0.129. The second-order valence-electron chi connectivity index (χ2n) is 6.51. The van der Waals surface area contributed by atoms with Crippen molar-refractivity contribution in [3.8, 4) is 0 Å². The lowest BCUT2D eigenvalue weighted by atomic mass is 9.85. The molecule has 0 bridgehead atoms. The Bertz CT molecular complexity index is 629. The molecule has 0 amide bonds. The molecule has 1 fully saturated rings. The van der Waals surface area contributed by atoms with Crippen LogP contribution in [0, 0.1) is 0 Å². The van der Waals surface area contributed by atoms with Crippen LogP contribution in [0.5, 0.6) is 0 Å². The van der Waals surface area contributed by atoms with E-state index in [2.05, 4.69) is 29.2 Å². The van der Waals surface area contributed by atoms with Gasteiger partial charge in [-0.1, -0.05) is 31.2 Å². The Balaban J connectivity index is 1.80. The largest absolute Gasteiger partial charge is 0.296 e. The Labute approximate surface area is 134 Å². The van der Waals surface area contributed by atoms with Crippen LogP contribution in [0.2, 0.25) is 0 Å². The first-order valence-corrected chi connectivity index (χ1v) is 9.91. The first kappa shape index (κ1) is 16.0. The minimum atomic E-state index is -3.11. The van der Waals surface area contributed by atoms with Gasteiger partial charge in [0, 0.05) is 32.2 Å². The van der Waals surface area contributed by atoms with Gasteiger partial charge < -0.3 is 0 Å². The normalized spacial score (nSPS) is 25.8. The molecule has 2 aliphatic rings. The molecule has 5 heteroatoms. The molecule has 122 valence electrons. The van der Waals surface area contributed by atoms with Gasteiger partial charge in [0.2, 0.25) is 10.0 Å². The van der Waals surface area contributed by atoms with Crippen molar-refractivity contribution in [2.75, 3.05) is 25.9 Å². The van der Waals surface area contributed by atoms with E-state index in [0.29, 0.717) is 12.5 Å². The third kappa shape index (κ3) is 2.94. The molecule has 0 aliphatic carbocycles. The monoisotopic (exact) mass is 322 g/mol. The SMILES string of the molecule is CCCS(=O)(=O)N(C)C1CCN2CCc3ccccc3[C@H]2C1. The molecular formula is C17H26N2O2S. The zero-order valence-electron chi connectivity index (χ0n) is 13.5. The highest BCUT2D eigenvalue weighted by Gasteiger charge is 2.37. The van der Waals surface area contributed by atoms with Crippen molar-refractivity contribution in [3.63, 3.8) is 0 Å². The first-order chi connectivity index (χ1) is 10.5. The number of fused-ring (bicyclic) bond motifs is 3. The summed E-state index contributed by atoms with van der Waals surface area (Å²) in [6.07, 6.45) is 3.65. The summed E-state index contributed by atoms with van der Waals surface area (Å²) in [6, 6.07) is 9.14. The Hall–Kier alpha value is -0.910. The Morgan fingerprint density at radius 2 is 2.05 bits per heavy atom. The van der Waals surface area contributed by atoms with Crippen molar-refractivity contribution in [2.45, 2.75) is 44.7 Å². The summed E-state index contributed by atoms with van der Waals surface area (Å²) >= 11 is 0. The Morgan fingerprint density at radius 1 is 1.27 bits per heavy atom. The third-order valence-corrected chi connectivity index (χ3v) is 7.28. The van der Waals surface area contributed by atoms with E-state index in [1.165, 1.54) is 11.1 Å². The zero-order chi connectivity index (χ0) is 15.7. The van der Waals surface area contributed by atoms with Crippen molar-refractivity contribution in [1.82, 2.24) is 9.21 Å².